The van der Waals surface area contributed by atoms with Crippen molar-refractivity contribution in [1.82, 2.24) is 10.6 Å². The third kappa shape index (κ3) is 5.45. The Morgan fingerprint density at radius 2 is 1.85 bits per heavy atom. The molecule has 134 valence electrons. The number of phenols is 1. The van der Waals surface area contributed by atoms with E-state index in [9.17, 15) is 19.5 Å². The van der Waals surface area contributed by atoms with E-state index in [2.05, 4.69) is 26.6 Å². The maximum absolute atomic E-state index is 12.2. The molecule has 0 heterocycles. The third-order valence-corrected chi connectivity index (χ3v) is 3.94. The van der Waals surface area contributed by atoms with Crippen molar-refractivity contribution in [2.24, 2.45) is 0 Å². The molecule has 0 aliphatic rings. The van der Waals surface area contributed by atoms with Crippen molar-refractivity contribution < 1.29 is 24.6 Å². The van der Waals surface area contributed by atoms with Gasteiger partial charge in [0.1, 0.15) is 5.75 Å². The first-order valence-corrected chi connectivity index (χ1v) is 8.22. The van der Waals surface area contributed by atoms with Crippen LogP contribution in [0.2, 0.25) is 0 Å². The number of aliphatic carboxylic acids is 1. The molecule has 0 bridgehead atoms. The normalized spacial score (nSPS) is 10.5. The molecule has 7 nitrogen and oxygen atoms in total. The molecular weight excluding hydrogens is 404 g/mol. The van der Waals surface area contributed by atoms with E-state index in [4.69, 9.17) is 5.11 Å². The van der Waals surface area contributed by atoms with Gasteiger partial charge in [-0.05, 0) is 51.8 Å². The smallest absolute Gasteiger partial charge is 0.329 e. The molecule has 2 aromatic carbocycles. The number of hydrogen-bond donors (Lipinski definition) is 4. The Balaban J connectivity index is 2.02. The summed E-state index contributed by atoms with van der Waals surface area (Å²) in [7, 11) is 0. The van der Waals surface area contributed by atoms with E-state index in [0.717, 1.165) is 17.8 Å². The molecule has 26 heavy (non-hydrogen) atoms. The van der Waals surface area contributed by atoms with Crippen molar-refractivity contribution in [3.63, 3.8) is 0 Å². The van der Waals surface area contributed by atoms with E-state index in [1.807, 2.05) is 0 Å². The summed E-state index contributed by atoms with van der Waals surface area (Å²) in [6.07, 6.45) is 1.82. The van der Waals surface area contributed by atoms with Crippen molar-refractivity contribution in [3.8, 4) is 5.75 Å². The largest absolute Gasteiger partial charge is 0.508 e. The summed E-state index contributed by atoms with van der Waals surface area (Å²) in [5.74, 6) is -1.91. The van der Waals surface area contributed by atoms with Crippen molar-refractivity contribution in [3.05, 3.63) is 75.9 Å². The van der Waals surface area contributed by atoms with Crippen LogP contribution in [0, 0.1) is 0 Å². The Morgan fingerprint density at radius 3 is 2.50 bits per heavy atom. The van der Waals surface area contributed by atoms with Crippen molar-refractivity contribution >= 4 is 33.7 Å². The van der Waals surface area contributed by atoms with Gasteiger partial charge >= 0.3 is 5.97 Å². The van der Waals surface area contributed by atoms with Crippen molar-refractivity contribution in [2.45, 2.75) is 6.54 Å². The highest BCUT2D eigenvalue weighted by Gasteiger charge is 2.13. The molecular formula is C18H15BrN2O5. The Hall–Kier alpha value is -3.13. The molecule has 0 radical (unpaired) electrons. The number of carbonyl (C=O) groups excluding carboxylic acids is 2. The van der Waals surface area contributed by atoms with Crippen LogP contribution in [0.5, 0.6) is 5.75 Å². The number of carboxylic acid groups (broad SMARTS) is 1. The summed E-state index contributed by atoms with van der Waals surface area (Å²) < 4.78 is 0.392. The molecule has 8 heteroatoms. The molecule has 0 aromatic heterocycles. The maximum Gasteiger partial charge on any atom is 0.329 e. The van der Waals surface area contributed by atoms with Crippen LogP contribution in [0.4, 0.5) is 0 Å². The molecule has 0 atom stereocenters. The number of nitrogens with one attached hydrogen (secondary N) is 2. The average Bonchev–Trinajstić information content (AvgIpc) is 2.59. The third-order valence-electron chi connectivity index (χ3n) is 3.28. The van der Waals surface area contributed by atoms with Gasteiger partial charge in [0.05, 0.1) is 5.56 Å². The van der Waals surface area contributed by atoms with Gasteiger partial charge in [-0.2, -0.15) is 0 Å². The van der Waals surface area contributed by atoms with Gasteiger partial charge < -0.3 is 20.8 Å². The summed E-state index contributed by atoms with van der Waals surface area (Å²) in [6.45, 7) is 0.243. The van der Waals surface area contributed by atoms with Gasteiger partial charge in [0.25, 0.3) is 11.8 Å². The van der Waals surface area contributed by atoms with Gasteiger partial charge in [-0.1, -0.05) is 12.1 Å². The molecule has 2 amide bonds. The predicted octanol–water partition coefficient (Wildman–Crippen LogP) is 2.41. The first-order valence-electron chi connectivity index (χ1n) is 7.43. The summed E-state index contributed by atoms with van der Waals surface area (Å²) >= 11 is 3.23. The van der Waals surface area contributed by atoms with Crippen LogP contribution in [0.15, 0.2) is 59.2 Å². The number of halogens is 1. The lowest BCUT2D eigenvalue weighted by atomic mass is 10.1. The van der Waals surface area contributed by atoms with Gasteiger partial charge in [0.2, 0.25) is 0 Å². The molecule has 0 aliphatic carbocycles. The zero-order valence-electron chi connectivity index (χ0n) is 13.4. The van der Waals surface area contributed by atoms with E-state index in [-0.39, 0.29) is 23.8 Å². The number of rotatable bonds is 6. The Bertz CT molecular complexity index is 880. The fraction of sp³-hybridized carbons (Fsp3) is 0.0556. The van der Waals surface area contributed by atoms with Gasteiger partial charge in [-0.15, -0.1) is 0 Å². The molecule has 2 rings (SSSR count). The summed E-state index contributed by atoms with van der Waals surface area (Å²) in [4.78, 5) is 34.6. The lowest BCUT2D eigenvalue weighted by molar-refractivity contribution is -0.131. The van der Waals surface area contributed by atoms with Gasteiger partial charge in [0.15, 0.2) is 0 Å². The molecule has 0 spiro atoms. The minimum absolute atomic E-state index is 0.117. The lowest BCUT2D eigenvalue weighted by Gasteiger charge is -2.08. The SMILES string of the molecule is O=C(O)C=CNC(=O)c1ccc(C(=O)NCc2cccc(O)c2)cc1Br. The number of hydrogen-bond acceptors (Lipinski definition) is 4. The monoisotopic (exact) mass is 418 g/mol. The van der Waals surface area contributed by atoms with Gasteiger partial charge in [-0.25, -0.2) is 4.79 Å². The first kappa shape index (κ1) is 19.2. The van der Waals surface area contributed by atoms with E-state index in [1.54, 1.807) is 18.2 Å². The molecule has 0 unspecified atom stereocenters. The van der Waals surface area contributed by atoms with E-state index >= 15 is 0 Å². The Labute approximate surface area is 157 Å². The van der Waals surface area contributed by atoms with E-state index < -0.39 is 11.9 Å². The molecule has 0 saturated heterocycles. The van der Waals surface area contributed by atoms with Crippen LogP contribution in [-0.2, 0) is 11.3 Å². The van der Waals surface area contributed by atoms with Gasteiger partial charge in [-0.3, -0.25) is 9.59 Å². The Morgan fingerprint density at radius 1 is 1.08 bits per heavy atom. The topological polar surface area (TPSA) is 116 Å². The summed E-state index contributed by atoms with van der Waals surface area (Å²) in [6, 6.07) is 11.0. The average molecular weight is 419 g/mol. The van der Waals surface area contributed by atoms with Crippen LogP contribution in [0.1, 0.15) is 26.3 Å². The number of benzene rings is 2. The second kappa shape index (κ2) is 8.82. The summed E-state index contributed by atoms with van der Waals surface area (Å²) in [5, 5.41) is 22.9. The number of carbonyl (C=O) groups is 3. The fourth-order valence-corrected chi connectivity index (χ4v) is 2.62. The second-order valence-electron chi connectivity index (χ2n) is 5.19. The quantitative estimate of drug-likeness (QED) is 0.537. The molecule has 2 aromatic rings. The van der Waals surface area contributed by atoms with Gasteiger partial charge in [0, 0.05) is 28.9 Å². The minimum atomic E-state index is -1.18. The highest BCUT2D eigenvalue weighted by molar-refractivity contribution is 9.10. The standard InChI is InChI=1S/C18H15BrN2O5/c19-15-9-12(4-5-14(15)18(26)20-7-6-16(23)24)17(25)21-10-11-2-1-3-13(22)8-11/h1-9,22H,10H2,(H,20,26)(H,21,25)(H,23,24). The van der Waals surface area contributed by atoms with Crippen LogP contribution < -0.4 is 10.6 Å². The molecule has 0 saturated carbocycles. The number of aromatic hydroxyl groups is 1. The second-order valence-corrected chi connectivity index (χ2v) is 6.05. The van der Waals surface area contributed by atoms with Crippen LogP contribution in [0.25, 0.3) is 0 Å². The lowest BCUT2D eigenvalue weighted by Crippen LogP contribution is -2.23. The fourth-order valence-electron chi connectivity index (χ4n) is 2.06. The minimum Gasteiger partial charge on any atom is -0.508 e. The van der Waals surface area contributed by atoms with Crippen molar-refractivity contribution in [1.29, 1.82) is 0 Å². The van der Waals surface area contributed by atoms with Crippen LogP contribution in [0.3, 0.4) is 0 Å². The zero-order chi connectivity index (χ0) is 19.1. The highest BCUT2D eigenvalue weighted by Crippen LogP contribution is 2.19. The van der Waals surface area contributed by atoms with Crippen LogP contribution in [-0.4, -0.2) is 28.0 Å². The number of phenolic OH excluding ortho intramolecular Hbond substituents is 1. The predicted molar refractivity (Wildman–Crippen MR) is 97.7 cm³/mol. The van der Waals surface area contributed by atoms with Crippen LogP contribution >= 0.6 is 15.9 Å². The van der Waals surface area contributed by atoms with E-state index in [1.165, 1.54) is 24.3 Å². The van der Waals surface area contributed by atoms with E-state index in [0.29, 0.717) is 10.0 Å². The zero-order valence-corrected chi connectivity index (χ0v) is 15.0. The van der Waals surface area contributed by atoms with Crippen molar-refractivity contribution in [2.75, 3.05) is 0 Å². The maximum atomic E-state index is 12.2. The Kier molecular flexibility index (Phi) is 6.51. The number of carboxylic acids is 1. The molecule has 4 N–H and O–H groups in total. The highest BCUT2D eigenvalue weighted by atomic mass is 79.9. The first-order chi connectivity index (χ1) is 12.4. The number of amides is 2. The molecule has 0 aliphatic heterocycles. The summed E-state index contributed by atoms with van der Waals surface area (Å²) in [5.41, 5.74) is 1.35. The molecule has 0 fully saturated rings.